The van der Waals surface area contributed by atoms with Gasteiger partial charge in [0.15, 0.2) is 0 Å². The molecule has 0 aromatic heterocycles. The van der Waals surface area contributed by atoms with Crippen molar-refractivity contribution in [3.05, 3.63) is 0 Å². The number of hydrogen-bond donors (Lipinski definition) is 1. The summed E-state index contributed by atoms with van der Waals surface area (Å²) in [6.07, 6.45) is 9.08. The average Bonchev–Trinajstić information content (AvgIpc) is 2.25. The third-order valence-corrected chi connectivity index (χ3v) is 2.68. The first-order chi connectivity index (χ1) is 7.66. The minimum atomic E-state index is -0.882. The highest BCUT2D eigenvalue weighted by Crippen LogP contribution is 2.09. The van der Waals surface area contributed by atoms with E-state index in [9.17, 15) is 9.59 Å². The average molecular weight is 228 g/mol. The Morgan fingerprint density at radius 3 is 1.94 bits per heavy atom. The van der Waals surface area contributed by atoms with Crippen LogP contribution in [0.3, 0.4) is 0 Å². The predicted molar refractivity (Wildman–Crippen MR) is 64.5 cm³/mol. The maximum Gasteiger partial charge on any atom is 0.303 e. The smallest absolute Gasteiger partial charge is 0.303 e. The summed E-state index contributed by atoms with van der Waals surface area (Å²) >= 11 is 0. The number of Topliss-reactive ketones (excluding diaryl/α,β-unsaturated/α-hetero) is 1. The molecule has 0 spiro atoms. The van der Waals surface area contributed by atoms with Gasteiger partial charge in [-0.3, -0.25) is 9.59 Å². The van der Waals surface area contributed by atoms with Crippen molar-refractivity contribution in [3.8, 4) is 0 Å². The summed E-state index contributed by atoms with van der Waals surface area (Å²) in [6, 6.07) is 0. The van der Waals surface area contributed by atoms with Gasteiger partial charge in [-0.2, -0.15) is 0 Å². The zero-order valence-corrected chi connectivity index (χ0v) is 10.3. The number of carboxylic acids is 1. The standard InChI is InChI=1S/C13H24O3/c1-2-3-4-5-6-7-8-9-12(14)10-11-13(15)16/h2-11H2,1H3,(H,15,16). The monoisotopic (exact) mass is 228 g/mol. The number of hydrogen-bond acceptors (Lipinski definition) is 2. The molecule has 0 unspecified atom stereocenters. The van der Waals surface area contributed by atoms with Crippen molar-refractivity contribution in [1.82, 2.24) is 0 Å². The first-order valence-corrected chi connectivity index (χ1v) is 6.40. The molecule has 0 aliphatic carbocycles. The summed E-state index contributed by atoms with van der Waals surface area (Å²) in [4.78, 5) is 21.4. The van der Waals surface area contributed by atoms with Crippen LogP contribution in [0.5, 0.6) is 0 Å². The minimum Gasteiger partial charge on any atom is -0.481 e. The van der Waals surface area contributed by atoms with Crippen LogP contribution in [0, 0.1) is 0 Å². The lowest BCUT2D eigenvalue weighted by Gasteiger charge is -2.00. The summed E-state index contributed by atoms with van der Waals surface area (Å²) in [6.45, 7) is 2.20. The normalized spacial score (nSPS) is 10.3. The Morgan fingerprint density at radius 2 is 1.38 bits per heavy atom. The molecule has 0 bridgehead atoms. The first kappa shape index (κ1) is 15.1. The zero-order valence-electron chi connectivity index (χ0n) is 10.3. The van der Waals surface area contributed by atoms with Gasteiger partial charge in [0.25, 0.3) is 0 Å². The highest BCUT2D eigenvalue weighted by Gasteiger charge is 2.04. The predicted octanol–water partition coefficient (Wildman–Crippen LogP) is 3.56. The SMILES string of the molecule is CCCCCCCCCC(=O)CCC(=O)O. The summed E-state index contributed by atoms with van der Waals surface area (Å²) < 4.78 is 0. The fourth-order valence-corrected chi connectivity index (χ4v) is 1.65. The van der Waals surface area contributed by atoms with Crippen LogP contribution in [-0.4, -0.2) is 16.9 Å². The fourth-order valence-electron chi connectivity index (χ4n) is 1.65. The van der Waals surface area contributed by atoms with Gasteiger partial charge in [-0.1, -0.05) is 45.4 Å². The molecule has 0 atom stereocenters. The van der Waals surface area contributed by atoms with E-state index < -0.39 is 5.97 Å². The number of unbranched alkanes of at least 4 members (excludes halogenated alkanes) is 6. The molecule has 1 N–H and O–H groups in total. The van der Waals surface area contributed by atoms with Crippen molar-refractivity contribution >= 4 is 11.8 Å². The lowest BCUT2D eigenvalue weighted by Crippen LogP contribution is -2.02. The molecule has 94 valence electrons. The van der Waals surface area contributed by atoms with Crippen LogP contribution in [-0.2, 0) is 9.59 Å². The van der Waals surface area contributed by atoms with Crippen molar-refractivity contribution in [1.29, 1.82) is 0 Å². The summed E-state index contributed by atoms with van der Waals surface area (Å²) in [5, 5.41) is 8.40. The quantitative estimate of drug-likeness (QED) is 0.550. The van der Waals surface area contributed by atoms with Crippen LogP contribution in [0.1, 0.15) is 71.1 Å². The Bertz CT molecular complexity index is 199. The summed E-state index contributed by atoms with van der Waals surface area (Å²) in [7, 11) is 0. The molecule has 0 saturated heterocycles. The molecule has 0 aliphatic rings. The molecule has 0 aliphatic heterocycles. The zero-order chi connectivity index (χ0) is 12.2. The lowest BCUT2D eigenvalue weighted by atomic mass is 10.1. The third-order valence-electron chi connectivity index (χ3n) is 2.68. The third kappa shape index (κ3) is 11.2. The van der Waals surface area contributed by atoms with Crippen LogP contribution < -0.4 is 0 Å². The Kier molecular flexibility index (Phi) is 10.1. The Labute approximate surface area is 98.2 Å². The fraction of sp³-hybridized carbons (Fsp3) is 0.846. The van der Waals surface area contributed by atoms with Gasteiger partial charge in [-0.05, 0) is 6.42 Å². The van der Waals surface area contributed by atoms with Crippen molar-refractivity contribution < 1.29 is 14.7 Å². The number of carbonyl (C=O) groups is 2. The molecule has 0 rings (SSSR count). The number of carbonyl (C=O) groups excluding carboxylic acids is 1. The van der Waals surface area contributed by atoms with Crippen LogP contribution in [0.15, 0.2) is 0 Å². The Balaban J connectivity index is 3.18. The molecule has 3 nitrogen and oxygen atoms in total. The minimum absolute atomic E-state index is 0.0185. The molecule has 0 heterocycles. The number of aliphatic carboxylic acids is 1. The van der Waals surface area contributed by atoms with E-state index in [2.05, 4.69) is 6.92 Å². The van der Waals surface area contributed by atoms with Gasteiger partial charge in [0.05, 0.1) is 6.42 Å². The van der Waals surface area contributed by atoms with E-state index in [1.165, 1.54) is 32.1 Å². The highest BCUT2D eigenvalue weighted by atomic mass is 16.4. The molecule has 3 heteroatoms. The Morgan fingerprint density at radius 1 is 0.812 bits per heavy atom. The number of ketones is 1. The second kappa shape index (κ2) is 10.7. The van der Waals surface area contributed by atoms with Crippen LogP contribution >= 0.6 is 0 Å². The summed E-state index contributed by atoms with van der Waals surface area (Å²) in [5.74, 6) is -0.788. The molecule has 0 aromatic carbocycles. The maximum absolute atomic E-state index is 11.2. The molecular weight excluding hydrogens is 204 g/mol. The van der Waals surface area contributed by atoms with E-state index in [4.69, 9.17) is 5.11 Å². The largest absolute Gasteiger partial charge is 0.481 e. The van der Waals surface area contributed by atoms with Crippen LogP contribution in [0.4, 0.5) is 0 Å². The van der Waals surface area contributed by atoms with E-state index in [0.717, 1.165) is 12.8 Å². The Hall–Kier alpha value is -0.860. The second-order valence-electron chi connectivity index (χ2n) is 4.30. The van der Waals surface area contributed by atoms with Gasteiger partial charge in [0, 0.05) is 12.8 Å². The van der Waals surface area contributed by atoms with Gasteiger partial charge in [-0.25, -0.2) is 0 Å². The van der Waals surface area contributed by atoms with Crippen molar-refractivity contribution in [2.45, 2.75) is 71.1 Å². The highest BCUT2D eigenvalue weighted by molar-refractivity contribution is 5.82. The molecule has 0 amide bonds. The first-order valence-electron chi connectivity index (χ1n) is 6.40. The van der Waals surface area contributed by atoms with Crippen LogP contribution in [0.2, 0.25) is 0 Å². The molecule has 0 fully saturated rings. The van der Waals surface area contributed by atoms with E-state index in [0.29, 0.717) is 6.42 Å². The number of rotatable bonds is 11. The van der Waals surface area contributed by atoms with Crippen molar-refractivity contribution in [2.24, 2.45) is 0 Å². The summed E-state index contributed by atoms with van der Waals surface area (Å²) in [5.41, 5.74) is 0. The lowest BCUT2D eigenvalue weighted by molar-refractivity contribution is -0.138. The molecule has 0 aromatic rings. The van der Waals surface area contributed by atoms with Gasteiger partial charge in [0.1, 0.15) is 5.78 Å². The second-order valence-corrected chi connectivity index (χ2v) is 4.30. The van der Waals surface area contributed by atoms with Crippen molar-refractivity contribution in [3.63, 3.8) is 0 Å². The van der Waals surface area contributed by atoms with E-state index in [1.807, 2.05) is 0 Å². The van der Waals surface area contributed by atoms with Gasteiger partial charge in [0.2, 0.25) is 0 Å². The topological polar surface area (TPSA) is 54.4 Å². The molecular formula is C13H24O3. The molecule has 0 saturated carbocycles. The van der Waals surface area contributed by atoms with E-state index in [-0.39, 0.29) is 18.6 Å². The van der Waals surface area contributed by atoms with Crippen LogP contribution in [0.25, 0.3) is 0 Å². The molecule has 0 radical (unpaired) electrons. The maximum atomic E-state index is 11.2. The molecule has 16 heavy (non-hydrogen) atoms. The van der Waals surface area contributed by atoms with Gasteiger partial charge in [-0.15, -0.1) is 0 Å². The van der Waals surface area contributed by atoms with Crippen molar-refractivity contribution in [2.75, 3.05) is 0 Å². The van der Waals surface area contributed by atoms with Gasteiger partial charge >= 0.3 is 5.97 Å². The van der Waals surface area contributed by atoms with E-state index in [1.54, 1.807) is 0 Å². The number of carboxylic acid groups (broad SMARTS) is 1. The van der Waals surface area contributed by atoms with E-state index >= 15 is 0 Å². The van der Waals surface area contributed by atoms with Gasteiger partial charge < -0.3 is 5.11 Å².